The maximum Gasteiger partial charge on any atom is 0.183 e. The number of hydrogen-bond acceptors (Lipinski definition) is 7. The lowest BCUT2D eigenvalue weighted by Crippen LogP contribution is -2.31. The first kappa shape index (κ1) is 13.9. The van der Waals surface area contributed by atoms with Crippen molar-refractivity contribution in [3.8, 4) is 6.07 Å². The number of rotatable bonds is 3. The van der Waals surface area contributed by atoms with Crippen LogP contribution in [-0.2, 0) is 6.54 Å². The molecule has 0 N–H and O–H groups in total. The fourth-order valence-electron chi connectivity index (χ4n) is 2.53. The minimum Gasteiger partial charge on any atom is -0.353 e. The number of thiazole rings is 1. The Balaban J connectivity index is 1.67. The van der Waals surface area contributed by atoms with E-state index in [2.05, 4.69) is 36.2 Å². The number of anilines is 1. The van der Waals surface area contributed by atoms with Crippen LogP contribution in [0.5, 0.6) is 0 Å². The molecule has 1 saturated heterocycles. The first-order chi connectivity index (χ1) is 10.4. The van der Waals surface area contributed by atoms with Crippen molar-refractivity contribution in [1.29, 1.82) is 5.26 Å². The Hall–Kier alpha value is -2.04. The van der Waals surface area contributed by atoms with Gasteiger partial charge in [0.05, 0.1) is 11.2 Å². The monoisotopic (exact) mass is 300 g/mol. The van der Waals surface area contributed by atoms with E-state index in [4.69, 9.17) is 5.26 Å². The van der Waals surface area contributed by atoms with Crippen molar-refractivity contribution in [2.45, 2.75) is 13.0 Å². The average molecular weight is 300 g/mol. The summed E-state index contributed by atoms with van der Waals surface area (Å²) >= 11 is 1.63. The van der Waals surface area contributed by atoms with Crippen LogP contribution in [0, 0.1) is 11.3 Å². The lowest BCUT2D eigenvalue weighted by molar-refractivity contribution is 0.282. The third kappa shape index (κ3) is 3.35. The Morgan fingerprint density at radius 2 is 2.05 bits per heavy atom. The van der Waals surface area contributed by atoms with E-state index in [0.717, 1.165) is 44.8 Å². The summed E-state index contributed by atoms with van der Waals surface area (Å²) < 4.78 is 0. The predicted octanol–water partition coefficient (Wildman–Crippen LogP) is 1.52. The Labute approximate surface area is 127 Å². The van der Waals surface area contributed by atoms with E-state index < -0.39 is 0 Å². The number of aromatic nitrogens is 3. The lowest BCUT2D eigenvalue weighted by Gasteiger charge is -2.22. The van der Waals surface area contributed by atoms with Crippen molar-refractivity contribution in [2.24, 2.45) is 0 Å². The summed E-state index contributed by atoms with van der Waals surface area (Å²) in [6.45, 7) is 4.64. The number of hydrogen-bond donors (Lipinski definition) is 0. The molecule has 3 heterocycles. The van der Waals surface area contributed by atoms with Gasteiger partial charge < -0.3 is 4.90 Å². The molecule has 0 bridgehead atoms. The topological polar surface area (TPSA) is 68.9 Å². The van der Waals surface area contributed by atoms with Crippen molar-refractivity contribution < 1.29 is 0 Å². The SMILES string of the molecule is N#Cc1nccnc1N1CCCN(Cc2cscn2)CC1. The van der Waals surface area contributed by atoms with Crippen LogP contribution in [0.15, 0.2) is 23.3 Å². The van der Waals surface area contributed by atoms with Gasteiger partial charge in [-0.3, -0.25) is 4.90 Å². The summed E-state index contributed by atoms with van der Waals surface area (Å²) in [6.07, 6.45) is 4.26. The van der Waals surface area contributed by atoms with Crippen LogP contribution < -0.4 is 4.90 Å². The normalized spacial score (nSPS) is 16.4. The highest BCUT2D eigenvalue weighted by atomic mass is 32.1. The first-order valence-corrected chi connectivity index (χ1v) is 7.86. The van der Waals surface area contributed by atoms with Crippen molar-refractivity contribution in [3.05, 3.63) is 34.7 Å². The molecule has 1 aliphatic heterocycles. The summed E-state index contributed by atoms with van der Waals surface area (Å²) in [5, 5.41) is 11.2. The Kier molecular flexibility index (Phi) is 4.38. The van der Waals surface area contributed by atoms with Gasteiger partial charge in [-0.1, -0.05) is 0 Å². The van der Waals surface area contributed by atoms with Crippen molar-refractivity contribution in [1.82, 2.24) is 19.9 Å². The molecule has 7 heteroatoms. The molecule has 0 unspecified atom stereocenters. The molecule has 2 aromatic rings. The maximum atomic E-state index is 9.15. The summed E-state index contributed by atoms with van der Waals surface area (Å²) in [5.41, 5.74) is 3.41. The van der Waals surface area contributed by atoms with E-state index in [1.54, 1.807) is 23.7 Å². The van der Waals surface area contributed by atoms with Gasteiger partial charge in [0.25, 0.3) is 0 Å². The molecule has 1 fully saturated rings. The van der Waals surface area contributed by atoms with Crippen LogP contribution in [0.1, 0.15) is 17.8 Å². The highest BCUT2D eigenvalue weighted by Gasteiger charge is 2.19. The second-order valence-electron chi connectivity index (χ2n) is 4.94. The number of nitrogens with zero attached hydrogens (tertiary/aromatic N) is 6. The van der Waals surface area contributed by atoms with E-state index >= 15 is 0 Å². The van der Waals surface area contributed by atoms with Gasteiger partial charge in [-0.25, -0.2) is 15.0 Å². The van der Waals surface area contributed by atoms with Crippen LogP contribution in [0.4, 0.5) is 5.82 Å². The van der Waals surface area contributed by atoms with Crippen molar-refractivity contribution in [3.63, 3.8) is 0 Å². The molecular weight excluding hydrogens is 284 g/mol. The molecule has 1 aliphatic rings. The van der Waals surface area contributed by atoms with E-state index in [0.29, 0.717) is 11.5 Å². The predicted molar refractivity (Wildman–Crippen MR) is 81.0 cm³/mol. The Bertz CT molecular complexity index is 621. The third-order valence-electron chi connectivity index (χ3n) is 3.54. The van der Waals surface area contributed by atoms with Gasteiger partial charge >= 0.3 is 0 Å². The van der Waals surface area contributed by atoms with Gasteiger partial charge in [0.1, 0.15) is 6.07 Å². The minimum absolute atomic E-state index is 0.408. The zero-order valence-corrected chi connectivity index (χ0v) is 12.5. The van der Waals surface area contributed by atoms with Crippen molar-refractivity contribution >= 4 is 17.2 Å². The molecule has 0 aromatic carbocycles. The fraction of sp³-hybridized carbons (Fsp3) is 0.429. The van der Waals surface area contributed by atoms with Gasteiger partial charge in [0.2, 0.25) is 0 Å². The highest BCUT2D eigenvalue weighted by molar-refractivity contribution is 7.07. The molecule has 3 rings (SSSR count). The standard InChI is InChI=1S/C14H16N6S/c15-8-13-14(17-3-2-16-13)20-5-1-4-19(6-7-20)9-12-10-21-11-18-12/h2-3,10-11H,1,4-7,9H2. The second kappa shape index (κ2) is 6.61. The fourth-order valence-corrected chi connectivity index (χ4v) is 3.08. The van der Waals surface area contributed by atoms with Crippen LogP contribution in [0.2, 0.25) is 0 Å². The van der Waals surface area contributed by atoms with Gasteiger partial charge in [-0.15, -0.1) is 11.3 Å². The molecule has 108 valence electrons. The molecule has 0 amide bonds. The average Bonchev–Trinajstić information content (AvgIpc) is 2.92. The van der Waals surface area contributed by atoms with Gasteiger partial charge in [-0.05, 0) is 6.42 Å². The van der Waals surface area contributed by atoms with E-state index in [9.17, 15) is 0 Å². The van der Waals surface area contributed by atoms with Crippen LogP contribution >= 0.6 is 11.3 Å². The Morgan fingerprint density at radius 3 is 2.86 bits per heavy atom. The van der Waals surface area contributed by atoms with Crippen LogP contribution in [0.25, 0.3) is 0 Å². The largest absolute Gasteiger partial charge is 0.353 e. The molecule has 21 heavy (non-hydrogen) atoms. The van der Waals surface area contributed by atoms with E-state index in [1.807, 2.05) is 5.51 Å². The smallest absolute Gasteiger partial charge is 0.183 e. The third-order valence-corrected chi connectivity index (χ3v) is 4.18. The highest BCUT2D eigenvalue weighted by Crippen LogP contribution is 2.17. The maximum absolute atomic E-state index is 9.15. The quantitative estimate of drug-likeness (QED) is 0.856. The van der Waals surface area contributed by atoms with Crippen molar-refractivity contribution in [2.75, 3.05) is 31.1 Å². The lowest BCUT2D eigenvalue weighted by atomic mass is 10.3. The zero-order chi connectivity index (χ0) is 14.5. The van der Waals surface area contributed by atoms with Gasteiger partial charge in [-0.2, -0.15) is 5.26 Å². The summed E-state index contributed by atoms with van der Waals surface area (Å²) in [4.78, 5) is 17.3. The molecular formula is C14H16N6S. The molecule has 2 aromatic heterocycles. The zero-order valence-electron chi connectivity index (χ0n) is 11.6. The van der Waals surface area contributed by atoms with Crippen LogP contribution in [0.3, 0.4) is 0 Å². The molecule has 0 aliphatic carbocycles. The summed E-state index contributed by atoms with van der Waals surface area (Å²) in [6, 6.07) is 2.12. The van der Waals surface area contributed by atoms with E-state index in [1.165, 1.54) is 0 Å². The summed E-state index contributed by atoms with van der Waals surface area (Å²) in [7, 11) is 0. The summed E-state index contributed by atoms with van der Waals surface area (Å²) in [5.74, 6) is 0.704. The Morgan fingerprint density at radius 1 is 1.14 bits per heavy atom. The van der Waals surface area contributed by atoms with Crippen LogP contribution in [-0.4, -0.2) is 46.0 Å². The first-order valence-electron chi connectivity index (χ1n) is 6.92. The molecule has 0 radical (unpaired) electrons. The minimum atomic E-state index is 0.408. The van der Waals surface area contributed by atoms with Gasteiger partial charge in [0, 0.05) is 50.5 Å². The molecule has 0 spiro atoms. The molecule has 0 atom stereocenters. The second-order valence-corrected chi connectivity index (χ2v) is 5.66. The molecule has 6 nitrogen and oxygen atoms in total. The van der Waals surface area contributed by atoms with E-state index in [-0.39, 0.29) is 0 Å². The van der Waals surface area contributed by atoms with Gasteiger partial charge in [0.15, 0.2) is 11.5 Å². The molecule has 0 saturated carbocycles. The number of nitriles is 1.